The predicted molar refractivity (Wildman–Crippen MR) is 111 cm³/mol. The van der Waals surface area contributed by atoms with Gasteiger partial charge >= 0.3 is 0 Å². The molecule has 0 unspecified atom stereocenters. The Morgan fingerprint density at radius 2 is 1.68 bits per heavy atom. The Kier molecular flexibility index (Phi) is 6.72. The summed E-state index contributed by atoms with van der Waals surface area (Å²) in [5.74, 6) is -0.198. The number of anilines is 1. The van der Waals surface area contributed by atoms with Gasteiger partial charge < -0.3 is 10.6 Å². The van der Waals surface area contributed by atoms with Gasteiger partial charge in [-0.15, -0.1) is 0 Å². The Labute approximate surface area is 170 Å². The Morgan fingerprint density at radius 1 is 1.07 bits per heavy atom. The molecule has 2 N–H and O–H groups in total. The van der Waals surface area contributed by atoms with Crippen LogP contribution in [0.4, 0.5) is 5.69 Å². The molecule has 6 nitrogen and oxygen atoms in total. The summed E-state index contributed by atoms with van der Waals surface area (Å²) < 4.78 is 26.5. The van der Waals surface area contributed by atoms with Crippen LogP contribution in [-0.4, -0.2) is 38.3 Å². The smallest absolute Gasteiger partial charge is 0.243 e. The minimum atomic E-state index is -3.44. The van der Waals surface area contributed by atoms with E-state index in [0.717, 1.165) is 18.4 Å². The lowest BCUT2D eigenvalue weighted by molar-refractivity contribution is -0.115. The van der Waals surface area contributed by atoms with E-state index >= 15 is 0 Å². The molecule has 1 fully saturated rings. The van der Waals surface area contributed by atoms with Crippen molar-refractivity contribution >= 4 is 33.2 Å². The predicted octanol–water partition coefficient (Wildman–Crippen LogP) is 3.41. The molecule has 0 aromatic heterocycles. The summed E-state index contributed by atoms with van der Waals surface area (Å²) in [4.78, 5) is 12.4. The average molecular weight is 422 g/mol. The van der Waals surface area contributed by atoms with Crippen LogP contribution in [0.3, 0.4) is 0 Å². The molecule has 1 atom stereocenters. The van der Waals surface area contributed by atoms with Crippen molar-refractivity contribution in [3.63, 3.8) is 0 Å². The second-order valence-corrected chi connectivity index (χ2v) is 9.21. The van der Waals surface area contributed by atoms with Crippen molar-refractivity contribution in [1.82, 2.24) is 9.62 Å². The number of sulfonamides is 1. The SMILES string of the molecule is C[C@@H](NCC(=O)Nc1ccc(S(=O)(=O)N2CCCC2)cc1)c1ccc(Cl)cc1. The maximum absolute atomic E-state index is 12.5. The largest absolute Gasteiger partial charge is 0.325 e. The molecular weight excluding hydrogens is 398 g/mol. The molecule has 1 heterocycles. The molecule has 0 spiro atoms. The van der Waals surface area contributed by atoms with Gasteiger partial charge in [0.1, 0.15) is 0 Å². The molecular formula is C20H24ClN3O3S. The quantitative estimate of drug-likeness (QED) is 0.718. The lowest BCUT2D eigenvalue weighted by Gasteiger charge is -2.16. The van der Waals surface area contributed by atoms with Crippen molar-refractivity contribution < 1.29 is 13.2 Å². The lowest BCUT2D eigenvalue weighted by Crippen LogP contribution is -2.30. The van der Waals surface area contributed by atoms with Gasteiger partial charge in [-0.1, -0.05) is 23.7 Å². The molecule has 1 amide bonds. The van der Waals surface area contributed by atoms with E-state index in [1.54, 1.807) is 12.1 Å². The topological polar surface area (TPSA) is 78.5 Å². The van der Waals surface area contributed by atoms with Gasteiger partial charge in [0.05, 0.1) is 11.4 Å². The van der Waals surface area contributed by atoms with Gasteiger partial charge in [-0.2, -0.15) is 4.31 Å². The molecule has 28 heavy (non-hydrogen) atoms. The van der Waals surface area contributed by atoms with E-state index in [1.165, 1.54) is 16.4 Å². The lowest BCUT2D eigenvalue weighted by atomic mass is 10.1. The molecule has 1 aliphatic rings. The second-order valence-electron chi connectivity index (χ2n) is 6.84. The highest BCUT2D eigenvalue weighted by atomic mass is 35.5. The number of halogens is 1. The Hall–Kier alpha value is -1.93. The number of carbonyl (C=O) groups excluding carboxylic acids is 1. The van der Waals surface area contributed by atoms with E-state index in [1.807, 2.05) is 31.2 Å². The third-order valence-corrected chi connectivity index (χ3v) is 6.94. The highest BCUT2D eigenvalue weighted by Gasteiger charge is 2.26. The van der Waals surface area contributed by atoms with E-state index in [9.17, 15) is 13.2 Å². The van der Waals surface area contributed by atoms with Gasteiger partial charge in [0, 0.05) is 29.8 Å². The minimum Gasteiger partial charge on any atom is -0.325 e. The van der Waals surface area contributed by atoms with Gasteiger partial charge in [-0.3, -0.25) is 4.79 Å². The molecule has 0 aliphatic carbocycles. The number of amides is 1. The fourth-order valence-corrected chi connectivity index (χ4v) is 4.75. The first kappa shape index (κ1) is 20.8. The maximum atomic E-state index is 12.5. The summed E-state index contributed by atoms with van der Waals surface area (Å²) in [7, 11) is -3.44. The summed E-state index contributed by atoms with van der Waals surface area (Å²) in [6, 6.07) is 13.7. The number of hydrogen-bond acceptors (Lipinski definition) is 4. The number of carbonyl (C=O) groups is 1. The van der Waals surface area contributed by atoms with E-state index in [2.05, 4.69) is 10.6 Å². The fraction of sp³-hybridized carbons (Fsp3) is 0.350. The summed E-state index contributed by atoms with van der Waals surface area (Å²) in [5.41, 5.74) is 1.60. The highest BCUT2D eigenvalue weighted by Crippen LogP contribution is 2.22. The van der Waals surface area contributed by atoms with E-state index < -0.39 is 10.0 Å². The molecule has 1 aliphatic heterocycles. The second kappa shape index (κ2) is 9.05. The minimum absolute atomic E-state index is 0.00371. The van der Waals surface area contributed by atoms with Crippen LogP contribution in [-0.2, 0) is 14.8 Å². The average Bonchev–Trinajstić information content (AvgIpc) is 3.23. The third-order valence-electron chi connectivity index (χ3n) is 4.78. The summed E-state index contributed by atoms with van der Waals surface area (Å²) in [5, 5.41) is 6.60. The normalized spacial score (nSPS) is 16.1. The van der Waals surface area contributed by atoms with Crippen LogP contribution < -0.4 is 10.6 Å². The number of benzene rings is 2. The molecule has 0 bridgehead atoms. The summed E-state index contributed by atoms with van der Waals surface area (Å²) in [6.45, 7) is 3.24. The van der Waals surface area contributed by atoms with Gasteiger partial charge in [0.2, 0.25) is 15.9 Å². The van der Waals surface area contributed by atoms with Crippen molar-refractivity contribution in [1.29, 1.82) is 0 Å². The van der Waals surface area contributed by atoms with E-state index in [-0.39, 0.29) is 23.4 Å². The zero-order valence-electron chi connectivity index (χ0n) is 15.7. The van der Waals surface area contributed by atoms with Crippen LogP contribution in [0.25, 0.3) is 0 Å². The molecule has 0 radical (unpaired) electrons. The molecule has 1 saturated heterocycles. The van der Waals surface area contributed by atoms with Crippen LogP contribution in [0, 0.1) is 0 Å². The van der Waals surface area contributed by atoms with Crippen molar-refractivity contribution in [2.75, 3.05) is 25.0 Å². The number of hydrogen-bond donors (Lipinski definition) is 2. The molecule has 150 valence electrons. The zero-order chi connectivity index (χ0) is 20.1. The van der Waals surface area contributed by atoms with Gasteiger partial charge in [0.25, 0.3) is 0 Å². The van der Waals surface area contributed by atoms with Gasteiger partial charge in [-0.05, 0) is 61.7 Å². The summed E-state index contributed by atoms with van der Waals surface area (Å²) >= 11 is 5.89. The number of nitrogens with zero attached hydrogens (tertiary/aromatic N) is 1. The van der Waals surface area contributed by atoms with Crippen LogP contribution in [0.5, 0.6) is 0 Å². The maximum Gasteiger partial charge on any atom is 0.243 e. The van der Waals surface area contributed by atoms with Crippen molar-refractivity contribution in [3.8, 4) is 0 Å². The standard InChI is InChI=1S/C20H24ClN3O3S/c1-15(16-4-6-17(21)7-5-16)22-14-20(25)23-18-8-10-19(11-9-18)28(26,27)24-12-2-3-13-24/h4-11,15,22H,2-3,12-14H2,1H3,(H,23,25)/t15-/m1/s1. The van der Waals surface area contributed by atoms with Gasteiger partial charge in [-0.25, -0.2) is 8.42 Å². The van der Waals surface area contributed by atoms with Crippen LogP contribution in [0.15, 0.2) is 53.4 Å². The zero-order valence-corrected chi connectivity index (χ0v) is 17.3. The first-order valence-electron chi connectivity index (χ1n) is 9.25. The fourth-order valence-electron chi connectivity index (χ4n) is 3.11. The van der Waals surface area contributed by atoms with Crippen molar-refractivity contribution in [3.05, 3.63) is 59.1 Å². The number of nitrogens with one attached hydrogen (secondary N) is 2. The third kappa shape index (κ3) is 5.11. The molecule has 8 heteroatoms. The van der Waals surface area contributed by atoms with Crippen molar-refractivity contribution in [2.45, 2.75) is 30.7 Å². The van der Waals surface area contributed by atoms with Gasteiger partial charge in [0.15, 0.2) is 0 Å². The molecule has 0 saturated carbocycles. The van der Waals surface area contributed by atoms with E-state index in [0.29, 0.717) is 23.8 Å². The Morgan fingerprint density at radius 3 is 2.29 bits per heavy atom. The molecule has 3 rings (SSSR count). The number of rotatable bonds is 7. The van der Waals surface area contributed by atoms with Crippen molar-refractivity contribution in [2.24, 2.45) is 0 Å². The first-order chi connectivity index (χ1) is 13.4. The van der Waals surface area contributed by atoms with E-state index in [4.69, 9.17) is 11.6 Å². The van der Waals surface area contributed by atoms with Crippen LogP contribution >= 0.6 is 11.6 Å². The molecule has 2 aromatic carbocycles. The monoisotopic (exact) mass is 421 g/mol. The van der Waals surface area contributed by atoms with Crippen LogP contribution in [0.2, 0.25) is 5.02 Å². The highest BCUT2D eigenvalue weighted by molar-refractivity contribution is 7.89. The molecule has 2 aromatic rings. The summed E-state index contributed by atoms with van der Waals surface area (Å²) in [6.07, 6.45) is 1.80. The van der Waals surface area contributed by atoms with Crippen LogP contribution in [0.1, 0.15) is 31.4 Å². The Balaban J connectivity index is 1.53. The first-order valence-corrected chi connectivity index (χ1v) is 11.1. The Bertz CT molecular complexity index is 909.